The van der Waals surface area contributed by atoms with Crippen molar-refractivity contribution in [3.63, 3.8) is 0 Å². The lowest BCUT2D eigenvalue weighted by molar-refractivity contribution is -0.142. The quantitative estimate of drug-likeness (QED) is 0.714. The fourth-order valence-electron chi connectivity index (χ4n) is 2.63. The van der Waals surface area contributed by atoms with Crippen molar-refractivity contribution in [2.45, 2.75) is 26.6 Å². The van der Waals surface area contributed by atoms with Crippen LogP contribution in [0.5, 0.6) is 0 Å². The number of rotatable bonds is 3. The second-order valence-electron chi connectivity index (χ2n) is 6.12. The number of carbonyl (C=O) groups is 1. The summed E-state index contributed by atoms with van der Waals surface area (Å²) in [4.78, 5) is 18.0. The fraction of sp³-hybridized carbons (Fsp3) is 0.375. The Kier molecular flexibility index (Phi) is 4.21. The summed E-state index contributed by atoms with van der Waals surface area (Å²) in [5, 5.41) is 7.94. The summed E-state index contributed by atoms with van der Waals surface area (Å²) in [6, 6.07) is 2.16. The van der Waals surface area contributed by atoms with E-state index < -0.39 is 17.8 Å². The zero-order valence-corrected chi connectivity index (χ0v) is 14.7. The van der Waals surface area contributed by atoms with E-state index in [9.17, 15) is 18.0 Å². The number of aromatic nitrogens is 5. The predicted octanol–water partition coefficient (Wildman–Crippen LogP) is 2.37. The molecule has 0 radical (unpaired) electrons. The highest BCUT2D eigenvalue weighted by Crippen LogP contribution is 2.30. The molecule has 3 heterocycles. The molecule has 7 nitrogen and oxygen atoms in total. The number of hydrogen-bond donors (Lipinski definition) is 0. The molecular weight excluding hydrogens is 349 g/mol. The molecule has 0 aliphatic rings. The summed E-state index contributed by atoms with van der Waals surface area (Å²) >= 11 is 0. The first-order chi connectivity index (χ1) is 12.1. The van der Waals surface area contributed by atoms with Gasteiger partial charge in [-0.05, 0) is 19.9 Å². The molecule has 0 aliphatic carbocycles. The van der Waals surface area contributed by atoms with E-state index in [-0.39, 0.29) is 23.6 Å². The minimum atomic E-state index is -4.60. The molecule has 3 aromatic rings. The van der Waals surface area contributed by atoms with Crippen molar-refractivity contribution in [1.29, 1.82) is 0 Å². The minimum Gasteiger partial charge on any atom is -0.336 e. The van der Waals surface area contributed by atoms with Crippen molar-refractivity contribution in [3.8, 4) is 0 Å². The number of fused-ring (bicyclic) bond motifs is 1. The second-order valence-corrected chi connectivity index (χ2v) is 6.12. The Bertz CT molecular complexity index is 988. The molecule has 0 bridgehead atoms. The Labute approximate surface area is 147 Å². The van der Waals surface area contributed by atoms with Gasteiger partial charge in [0.2, 0.25) is 0 Å². The van der Waals surface area contributed by atoms with Crippen LogP contribution in [0.4, 0.5) is 13.2 Å². The van der Waals surface area contributed by atoms with Gasteiger partial charge in [-0.3, -0.25) is 9.48 Å². The molecule has 138 valence electrons. The van der Waals surface area contributed by atoms with Crippen molar-refractivity contribution >= 4 is 11.6 Å². The fourth-order valence-corrected chi connectivity index (χ4v) is 2.63. The monoisotopic (exact) mass is 366 g/mol. The summed E-state index contributed by atoms with van der Waals surface area (Å²) in [5.41, 5.74) is 0.852. The molecule has 0 saturated carbocycles. The average Bonchev–Trinajstić information content (AvgIpc) is 3.10. The summed E-state index contributed by atoms with van der Waals surface area (Å²) in [6.07, 6.45) is -2.95. The van der Waals surface area contributed by atoms with Gasteiger partial charge in [-0.1, -0.05) is 0 Å². The van der Waals surface area contributed by atoms with Gasteiger partial charge in [0.05, 0.1) is 6.20 Å². The SMILES string of the molecule is Cc1cc(C(F)(F)F)n2nc(C(=O)N(C)Cc3cnn(C)c3C)cc2n1. The van der Waals surface area contributed by atoms with Gasteiger partial charge in [0, 0.05) is 43.7 Å². The lowest BCUT2D eigenvalue weighted by atomic mass is 10.2. The standard InChI is InChI=1S/C16H17F3N6O/c1-9-5-13(16(17,18)19)25-14(21-9)6-12(22-25)15(26)23(3)8-11-7-20-24(4)10(11)2/h5-7H,8H2,1-4H3. The van der Waals surface area contributed by atoms with Crippen LogP contribution in [-0.2, 0) is 19.8 Å². The Balaban J connectivity index is 1.95. The van der Waals surface area contributed by atoms with Gasteiger partial charge in [-0.15, -0.1) is 0 Å². The van der Waals surface area contributed by atoms with Crippen LogP contribution < -0.4 is 0 Å². The minimum absolute atomic E-state index is 0.0216. The Morgan fingerprint density at radius 2 is 1.96 bits per heavy atom. The van der Waals surface area contributed by atoms with Crippen LogP contribution in [0, 0.1) is 13.8 Å². The molecule has 0 atom stereocenters. The van der Waals surface area contributed by atoms with Crippen molar-refractivity contribution in [3.05, 3.63) is 46.7 Å². The lowest BCUT2D eigenvalue weighted by Crippen LogP contribution is -2.27. The van der Waals surface area contributed by atoms with Gasteiger partial charge < -0.3 is 4.90 Å². The first kappa shape index (κ1) is 17.9. The molecule has 1 amide bonds. The van der Waals surface area contributed by atoms with E-state index in [0.29, 0.717) is 4.52 Å². The number of aryl methyl sites for hydroxylation is 2. The van der Waals surface area contributed by atoms with E-state index in [0.717, 1.165) is 17.3 Å². The smallest absolute Gasteiger partial charge is 0.336 e. The molecule has 10 heteroatoms. The Hall–Kier alpha value is -2.91. The van der Waals surface area contributed by atoms with Gasteiger partial charge in [0.15, 0.2) is 11.3 Å². The Morgan fingerprint density at radius 3 is 2.54 bits per heavy atom. The third kappa shape index (κ3) is 3.14. The van der Waals surface area contributed by atoms with Crippen LogP contribution >= 0.6 is 0 Å². The van der Waals surface area contributed by atoms with E-state index >= 15 is 0 Å². The summed E-state index contributed by atoms with van der Waals surface area (Å²) in [6.45, 7) is 3.60. The molecule has 0 fully saturated rings. The second kappa shape index (κ2) is 6.11. The lowest BCUT2D eigenvalue weighted by Gasteiger charge is -2.15. The molecule has 26 heavy (non-hydrogen) atoms. The normalized spacial score (nSPS) is 12.0. The highest BCUT2D eigenvalue weighted by atomic mass is 19.4. The molecule has 3 aromatic heterocycles. The van der Waals surface area contributed by atoms with Crippen LogP contribution in [0.1, 0.15) is 33.1 Å². The third-order valence-electron chi connectivity index (χ3n) is 4.16. The summed E-state index contributed by atoms with van der Waals surface area (Å²) < 4.78 is 42.0. The van der Waals surface area contributed by atoms with Gasteiger partial charge in [-0.25, -0.2) is 9.50 Å². The molecule has 3 rings (SSSR count). The van der Waals surface area contributed by atoms with Crippen LogP contribution in [0.3, 0.4) is 0 Å². The van der Waals surface area contributed by atoms with E-state index in [1.165, 1.54) is 17.9 Å². The molecule has 0 spiro atoms. The van der Waals surface area contributed by atoms with E-state index in [1.807, 2.05) is 6.92 Å². The van der Waals surface area contributed by atoms with Crippen molar-refractivity contribution in [2.24, 2.45) is 7.05 Å². The number of hydrogen-bond acceptors (Lipinski definition) is 4. The van der Waals surface area contributed by atoms with Crippen molar-refractivity contribution in [2.75, 3.05) is 7.05 Å². The van der Waals surface area contributed by atoms with Crippen LogP contribution in [0.25, 0.3) is 5.65 Å². The van der Waals surface area contributed by atoms with Crippen LogP contribution in [0.15, 0.2) is 18.3 Å². The van der Waals surface area contributed by atoms with E-state index in [1.54, 1.807) is 25.0 Å². The highest BCUT2D eigenvalue weighted by molar-refractivity contribution is 5.93. The van der Waals surface area contributed by atoms with E-state index in [4.69, 9.17) is 0 Å². The van der Waals surface area contributed by atoms with Crippen molar-refractivity contribution in [1.82, 2.24) is 29.3 Å². The molecule has 0 unspecified atom stereocenters. The maximum Gasteiger partial charge on any atom is 0.433 e. The zero-order valence-electron chi connectivity index (χ0n) is 14.7. The number of amides is 1. The van der Waals surface area contributed by atoms with Crippen LogP contribution in [-0.4, -0.2) is 42.2 Å². The predicted molar refractivity (Wildman–Crippen MR) is 86.5 cm³/mol. The van der Waals surface area contributed by atoms with Gasteiger partial charge >= 0.3 is 6.18 Å². The van der Waals surface area contributed by atoms with E-state index in [2.05, 4.69) is 15.2 Å². The highest BCUT2D eigenvalue weighted by Gasteiger charge is 2.35. The largest absolute Gasteiger partial charge is 0.433 e. The molecule has 0 aromatic carbocycles. The number of halogens is 3. The van der Waals surface area contributed by atoms with Gasteiger partial charge in [0.1, 0.15) is 5.69 Å². The first-order valence-electron chi connectivity index (χ1n) is 7.75. The third-order valence-corrected chi connectivity index (χ3v) is 4.16. The van der Waals surface area contributed by atoms with Gasteiger partial charge in [-0.2, -0.15) is 23.4 Å². The summed E-state index contributed by atoms with van der Waals surface area (Å²) in [7, 11) is 3.34. The zero-order chi connectivity index (χ0) is 19.2. The molecule has 0 saturated heterocycles. The average molecular weight is 366 g/mol. The van der Waals surface area contributed by atoms with Crippen LogP contribution in [0.2, 0.25) is 0 Å². The van der Waals surface area contributed by atoms with Gasteiger partial charge in [0.25, 0.3) is 5.91 Å². The number of carbonyl (C=O) groups excluding carboxylic acids is 1. The molecule has 0 N–H and O–H groups in total. The topological polar surface area (TPSA) is 68.3 Å². The number of alkyl halides is 3. The molecular formula is C16H17F3N6O. The number of nitrogens with zero attached hydrogens (tertiary/aromatic N) is 6. The summed E-state index contributed by atoms with van der Waals surface area (Å²) in [5.74, 6) is -0.496. The maximum atomic E-state index is 13.2. The maximum absolute atomic E-state index is 13.2. The first-order valence-corrected chi connectivity index (χ1v) is 7.75. The Morgan fingerprint density at radius 1 is 1.27 bits per heavy atom. The van der Waals surface area contributed by atoms with Crippen molar-refractivity contribution < 1.29 is 18.0 Å². The molecule has 0 aliphatic heterocycles.